The Bertz CT molecular complexity index is 1060. The Morgan fingerprint density at radius 3 is 2.81 bits per heavy atom. The minimum absolute atomic E-state index is 0.0280. The van der Waals surface area contributed by atoms with E-state index in [9.17, 15) is 9.90 Å². The number of aryl methyl sites for hydroxylation is 1. The lowest BCUT2D eigenvalue weighted by Gasteiger charge is -2.17. The highest BCUT2D eigenvalue weighted by Gasteiger charge is 2.28. The maximum absolute atomic E-state index is 12.7. The number of phenolic OH excluding ortho intramolecular Hbond substituents is 1. The molecule has 0 spiro atoms. The fraction of sp³-hybridized carbons (Fsp3) is 0.429. The minimum atomic E-state index is 0.0280. The monoisotopic (exact) mass is 364 g/mol. The van der Waals surface area contributed by atoms with Gasteiger partial charge in [0.1, 0.15) is 11.4 Å². The highest BCUT2D eigenvalue weighted by molar-refractivity contribution is 5.84. The summed E-state index contributed by atoms with van der Waals surface area (Å²) < 4.78 is 1.90. The highest BCUT2D eigenvalue weighted by atomic mass is 16.3. The third kappa shape index (κ3) is 2.84. The molecule has 1 aliphatic carbocycles. The van der Waals surface area contributed by atoms with Crippen molar-refractivity contribution in [2.75, 3.05) is 6.54 Å². The molecule has 0 unspecified atom stereocenters. The predicted molar refractivity (Wildman–Crippen MR) is 104 cm³/mol. The fourth-order valence-electron chi connectivity index (χ4n) is 4.62. The first kappa shape index (κ1) is 16.6. The topological polar surface area (TPSA) is 82.9 Å². The van der Waals surface area contributed by atoms with Crippen LogP contribution in [-0.2, 0) is 19.4 Å². The number of aromatic nitrogens is 3. The van der Waals surface area contributed by atoms with E-state index in [-0.39, 0.29) is 17.4 Å². The molecule has 0 amide bonds. The molecule has 27 heavy (non-hydrogen) atoms. The van der Waals surface area contributed by atoms with E-state index in [4.69, 9.17) is 5.10 Å². The van der Waals surface area contributed by atoms with Gasteiger partial charge in [0.15, 0.2) is 0 Å². The summed E-state index contributed by atoms with van der Waals surface area (Å²) in [6.45, 7) is 1.53. The van der Waals surface area contributed by atoms with E-state index < -0.39 is 0 Å². The van der Waals surface area contributed by atoms with Crippen molar-refractivity contribution in [3.05, 3.63) is 57.0 Å². The molecule has 0 saturated carbocycles. The zero-order valence-electron chi connectivity index (χ0n) is 15.3. The number of pyridine rings is 1. The third-order valence-corrected chi connectivity index (χ3v) is 5.89. The second-order valence-electron chi connectivity index (χ2n) is 7.70. The molecule has 3 heterocycles. The van der Waals surface area contributed by atoms with Crippen LogP contribution in [0.3, 0.4) is 0 Å². The summed E-state index contributed by atoms with van der Waals surface area (Å²) in [4.78, 5) is 15.8. The Kier molecular flexibility index (Phi) is 4.01. The first-order valence-corrected chi connectivity index (χ1v) is 9.86. The van der Waals surface area contributed by atoms with E-state index in [0.717, 1.165) is 72.9 Å². The van der Waals surface area contributed by atoms with Crippen LogP contribution in [0.5, 0.6) is 5.75 Å². The summed E-state index contributed by atoms with van der Waals surface area (Å²) in [6, 6.07) is 7.46. The number of nitrogens with zero attached hydrogens (tertiary/aromatic N) is 2. The van der Waals surface area contributed by atoms with E-state index in [2.05, 4.69) is 10.3 Å². The Hall–Kier alpha value is -2.60. The molecule has 3 aromatic rings. The molecular weight excluding hydrogens is 340 g/mol. The van der Waals surface area contributed by atoms with Gasteiger partial charge in [-0.1, -0.05) is 12.1 Å². The second kappa shape index (κ2) is 6.53. The Morgan fingerprint density at radius 1 is 1.19 bits per heavy atom. The summed E-state index contributed by atoms with van der Waals surface area (Å²) >= 11 is 0. The average Bonchev–Trinajstić information content (AvgIpc) is 3.31. The standard InChI is InChI=1S/C21H24N4O2/c26-14-6-3-5-13(11-14)12-25-20-18(19(24-25)17-9-4-10-22-17)15-7-1-2-8-16(15)21(27)23-20/h3,5-6,11,17,22,26H,1-2,4,7-10,12H2,(H,23,27)/t17-/m1/s1. The van der Waals surface area contributed by atoms with Gasteiger partial charge < -0.3 is 15.4 Å². The summed E-state index contributed by atoms with van der Waals surface area (Å²) in [6.07, 6.45) is 6.24. The van der Waals surface area contributed by atoms with Gasteiger partial charge >= 0.3 is 0 Å². The van der Waals surface area contributed by atoms with Crippen LogP contribution >= 0.6 is 0 Å². The van der Waals surface area contributed by atoms with Gasteiger partial charge in [0.2, 0.25) is 0 Å². The van der Waals surface area contributed by atoms with Crippen LogP contribution in [0.25, 0.3) is 11.0 Å². The van der Waals surface area contributed by atoms with Crippen LogP contribution in [0, 0.1) is 0 Å². The van der Waals surface area contributed by atoms with Crippen molar-refractivity contribution in [3.8, 4) is 5.75 Å². The number of hydrogen-bond acceptors (Lipinski definition) is 4. The number of nitrogens with one attached hydrogen (secondary N) is 2. The normalized spacial score (nSPS) is 19.5. The van der Waals surface area contributed by atoms with Crippen LogP contribution in [0.4, 0.5) is 0 Å². The highest BCUT2D eigenvalue weighted by Crippen LogP contribution is 2.34. The van der Waals surface area contributed by atoms with Crippen molar-refractivity contribution in [1.82, 2.24) is 20.1 Å². The number of phenols is 1. The van der Waals surface area contributed by atoms with E-state index in [1.54, 1.807) is 12.1 Å². The molecule has 2 aromatic heterocycles. The first-order valence-electron chi connectivity index (χ1n) is 9.86. The Balaban J connectivity index is 1.71. The van der Waals surface area contributed by atoms with Crippen molar-refractivity contribution in [1.29, 1.82) is 0 Å². The second-order valence-corrected chi connectivity index (χ2v) is 7.70. The molecule has 3 N–H and O–H groups in total. The van der Waals surface area contributed by atoms with Gasteiger partial charge in [0.25, 0.3) is 5.56 Å². The minimum Gasteiger partial charge on any atom is -0.508 e. The van der Waals surface area contributed by atoms with Crippen LogP contribution in [0.15, 0.2) is 29.1 Å². The number of benzene rings is 1. The molecule has 1 aliphatic heterocycles. The lowest BCUT2D eigenvalue weighted by atomic mass is 9.89. The molecular formula is C21H24N4O2. The number of hydrogen-bond donors (Lipinski definition) is 3. The van der Waals surface area contributed by atoms with Gasteiger partial charge in [-0.25, -0.2) is 4.68 Å². The van der Waals surface area contributed by atoms with Gasteiger partial charge in [-0.3, -0.25) is 4.79 Å². The lowest BCUT2D eigenvalue weighted by Crippen LogP contribution is -2.20. The third-order valence-electron chi connectivity index (χ3n) is 5.89. The van der Waals surface area contributed by atoms with Crippen molar-refractivity contribution in [2.45, 2.75) is 51.1 Å². The zero-order valence-corrected chi connectivity index (χ0v) is 15.3. The number of rotatable bonds is 3. The maximum atomic E-state index is 12.7. The number of aromatic hydroxyl groups is 1. The first-order chi connectivity index (χ1) is 13.2. The van der Waals surface area contributed by atoms with Crippen molar-refractivity contribution < 1.29 is 5.11 Å². The SMILES string of the molecule is O=c1[nH]c2c(c([C@H]3CCCN3)nn2Cc2cccc(O)c2)c2c1CCCC2. The van der Waals surface area contributed by atoms with Crippen molar-refractivity contribution in [3.63, 3.8) is 0 Å². The van der Waals surface area contributed by atoms with Gasteiger partial charge in [-0.05, 0) is 68.3 Å². The number of fused-ring (bicyclic) bond motifs is 3. The molecule has 1 atom stereocenters. The van der Waals surface area contributed by atoms with Crippen LogP contribution in [0.2, 0.25) is 0 Å². The largest absolute Gasteiger partial charge is 0.508 e. The zero-order chi connectivity index (χ0) is 18.4. The number of aromatic amines is 1. The van der Waals surface area contributed by atoms with Gasteiger partial charge in [0.05, 0.1) is 18.3 Å². The van der Waals surface area contributed by atoms with Gasteiger partial charge in [-0.2, -0.15) is 5.10 Å². The molecule has 5 rings (SSSR count). The summed E-state index contributed by atoms with van der Waals surface area (Å²) in [5.41, 5.74) is 5.02. The molecule has 0 bridgehead atoms. The van der Waals surface area contributed by atoms with Crippen LogP contribution < -0.4 is 10.9 Å². The predicted octanol–water partition coefficient (Wildman–Crippen LogP) is 2.78. The molecule has 6 heteroatoms. The molecule has 1 aromatic carbocycles. The Morgan fingerprint density at radius 2 is 2.04 bits per heavy atom. The van der Waals surface area contributed by atoms with E-state index in [1.807, 2.05) is 16.8 Å². The van der Waals surface area contributed by atoms with Gasteiger partial charge in [0, 0.05) is 10.9 Å². The molecule has 2 aliphatic rings. The molecule has 0 radical (unpaired) electrons. The maximum Gasteiger partial charge on any atom is 0.253 e. The average molecular weight is 364 g/mol. The molecule has 1 saturated heterocycles. The van der Waals surface area contributed by atoms with Crippen LogP contribution in [-0.4, -0.2) is 26.4 Å². The molecule has 1 fully saturated rings. The summed E-state index contributed by atoms with van der Waals surface area (Å²) in [5.74, 6) is 0.243. The molecule has 140 valence electrons. The van der Waals surface area contributed by atoms with E-state index in [0.29, 0.717) is 6.54 Å². The summed E-state index contributed by atoms with van der Waals surface area (Å²) in [7, 11) is 0. The van der Waals surface area contributed by atoms with Crippen molar-refractivity contribution in [2.24, 2.45) is 0 Å². The lowest BCUT2D eigenvalue weighted by molar-refractivity contribution is 0.474. The Labute approximate surface area is 157 Å². The van der Waals surface area contributed by atoms with E-state index >= 15 is 0 Å². The molecule has 6 nitrogen and oxygen atoms in total. The summed E-state index contributed by atoms with van der Waals surface area (Å²) in [5, 5.41) is 19.4. The smallest absolute Gasteiger partial charge is 0.253 e. The van der Waals surface area contributed by atoms with Crippen LogP contribution in [0.1, 0.15) is 54.1 Å². The van der Waals surface area contributed by atoms with Crippen molar-refractivity contribution >= 4 is 11.0 Å². The van der Waals surface area contributed by atoms with Gasteiger partial charge in [-0.15, -0.1) is 0 Å². The number of H-pyrrole nitrogens is 1. The fourth-order valence-corrected chi connectivity index (χ4v) is 4.62. The quantitative estimate of drug-likeness (QED) is 0.667. The van der Waals surface area contributed by atoms with E-state index in [1.165, 1.54) is 5.56 Å².